The molecule has 146 valence electrons. The van der Waals surface area contributed by atoms with Crippen molar-refractivity contribution in [2.24, 2.45) is 0 Å². The first-order valence-electron chi connectivity index (χ1n) is 8.31. The van der Waals surface area contributed by atoms with Crippen molar-refractivity contribution >= 4 is 22.4 Å². The van der Waals surface area contributed by atoms with Crippen LogP contribution >= 0.6 is 11.3 Å². The summed E-state index contributed by atoms with van der Waals surface area (Å²) in [5.41, 5.74) is 1.95. The molecular weight excluding hydrogens is 380 g/mol. The van der Waals surface area contributed by atoms with Crippen molar-refractivity contribution in [1.29, 1.82) is 0 Å². The van der Waals surface area contributed by atoms with Crippen LogP contribution in [-0.2, 0) is 0 Å². The van der Waals surface area contributed by atoms with Crippen molar-refractivity contribution in [1.82, 2.24) is 4.98 Å². The second kappa shape index (κ2) is 8.62. The molecule has 1 heterocycles. The second-order valence-electron chi connectivity index (χ2n) is 5.63. The molecule has 3 rings (SSSR count). The van der Waals surface area contributed by atoms with E-state index in [-0.39, 0.29) is 5.91 Å². The Morgan fingerprint density at radius 3 is 2.32 bits per heavy atom. The van der Waals surface area contributed by atoms with Crippen LogP contribution in [0.15, 0.2) is 41.8 Å². The maximum atomic E-state index is 12.6. The molecule has 1 N–H and O–H groups in total. The summed E-state index contributed by atoms with van der Waals surface area (Å²) in [6, 6.07) is 10.5. The van der Waals surface area contributed by atoms with E-state index in [9.17, 15) is 4.79 Å². The fourth-order valence-electron chi connectivity index (χ4n) is 2.61. The zero-order valence-electron chi connectivity index (χ0n) is 15.9. The molecule has 0 saturated heterocycles. The van der Waals surface area contributed by atoms with Crippen LogP contribution in [0.3, 0.4) is 0 Å². The van der Waals surface area contributed by atoms with Gasteiger partial charge in [0.05, 0.1) is 34.1 Å². The molecule has 0 spiro atoms. The lowest BCUT2D eigenvalue weighted by Gasteiger charge is -2.09. The van der Waals surface area contributed by atoms with Gasteiger partial charge in [-0.25, -0.2) is 4.98 Å². The van der Waals surface area contributed by atoms with Gasteiger partial charge in [-0.1, -0.05) is 0 Å². The van der Waals surface area contributed by atoms with Gasteiger partial charge in [0.15, 0.2) is 16.6 Å². The Labute approximate surface area is 166 Å². The van der Waals surface area contributed by atoms with Gasteiger partial charge in [0.25, 0.3) is 5.91 Å². The minimum Gasteiger partial charge on any atom is -0.497 e. The molecule has 0 fully saturated rings. The number of aromatic nitrogens is 1. The molecule has 0 bridgehead atoms. The number of carbonyl (C=O) groups is 1. The van der Waals surface area contributed by atoms with Gasteiger partial charge in [-0.05, 0) is 30.3 Å². The molecule has 1 aromatic heterocycles. The molecule has 2 aromatic carbocycles. The van der Waals surface area contributed by atoms with Crippen LogP contribution in [0.25, 0.3) is 11.3 Å². The Morgan fingerprint density at radius 1 is 0.893 bits per heavy atom. The fraction of sp³-hybridized carbons (Fsp3) is 0.200. The quantitative estimate of drug-likeness (QED) is 0.643. The second-order valence-corrected chi connectivity index (χ2v) is 6.49. The first kappa shape index (κ1) is 19.5. The number of ether oxygens (including phenoxy) is 4. The van der Waals surface area contributed by atoms with Gasteiger partial charge < -0.3 is 18.9 Å². The van der Waals surface area contributed by atoms with Crippen molar-refractivity contribution in [2.45, 2.75) is 0 Å². The van der Waals surface area contributed by atoms with Crippen molar-refractivity contribution in [3.8, 4) is 34.3 Å². The third-order valence-corrected chi connectivity index (χ3v) is 4.81. The van der Waals surface area contributed by atoms with Gasteiger partial charge in [-0.2, -0.15) is 0 Å². The first-order chi connectivity index (χ1) is 13.6. The third kappa shape index (κ3) is 4.01. The molecule has 0 aliphatic heterocycles. The summed E-state index contributed by atoms with van der Waals surface area (Å²) in [6.07, 6.45) is 0. The highest BCUT2D eigenvalue weighted by molar-refractivity contribution is 7.14. The van der Waals surface area contributed by atoms with Crippen LogP contribution in [0.5, 0.6) is 23.0 Å². The molecular formula is C20H20N2O5S. The lowest BCUT2D eigenvalue weighted by molar-refractivity contribution is 0.102. The summed E-state index contributed by atoms with van der Waals surface area (Å²) in [5, 5.41) is 5.14. The van der Waals surface area contributed by atoms with E-state index < -0.39 is 0 Å². The van der Waals surface area contributed by atoms with Gasteiger partial charge in [0, 0.05) is 22.6 Å². The van der Waals surface area contributed by atoms with E-state index >= 15 is 0 Å². The van der Waals surface area contributed by atoms with E-state index in [4.69, 9.17) is 18.9 Å². The number of amides is 1. The largest absolute Gasteiger partial charge is 0.497 e. The number of nitrogens with one attached hydrogen (secondary N) is 1. The molecule has 0 radical (unpaired) electrons. The molecule has 3 aromatic rings. The number of thiazole rings is 1. The summed E-state index contributed by atoms with van der Waals surface area (Å²) in [7, 11) is 6.25. The standard InChI is InChI=1S/C20H20N2O5S/c1-24-13-6-7-14(17(10-13)26-3)15-11-28-20(21-15)22-19(23)12-5-8-16(25-2)18(9-12)27-4/h5-11H,1-4H3,(H,21,22,23). The lowest BCUT2D eigenvalue weighted by Crippen LogP contribution is -2.12. The van der Waals surface area contributed by atoms with Crippen LogP contribution in [-0.4, -0.2) is 39.3 Å². The summed E-state index contributed by atoms with van der Waals surface area (Å²) >= 11 is 1.33. The number of benzene rings is 2. The lowest BCUT2D eigenvalue weighted by atomic mass is 10.1. The predicted octanol–water partition coefficient (Wildman–Crippen LogP) is 4.10. The Hall–Kier alpha value is -3.26. The Morgan fingerprint density at radius 2 is 1.64 bits per heavy atom. The Bertz CT molecular complexity index is 986. The molecule has 1 amide bonds. The Balaban J connectivity index is 1.81. The minimum absolute atomic E-state index is 0.288. The summed E-state index contributed by atoms with van der Waals surface area (Å²) in [5.74, 6) is 2.09. The number of anilines is 1. The normalized spacial score (nSPS) is 10.3. The zero-order valence-corrected chi connectivity index (χ0v) is 16.8. The number of rotatable bonds is 7. The third-order valence-electron chi connectivity index (χ3n) is 4.06. The molecule has 7 nitrogen and oxygen atoms in total. The minimum atomic E-state index is -0.288. The Kier molecular flexibility index (Phi) is 6.00. The molecule has 0 saturated carbocycles. The topological polar surface area (TPSA) is 78.9 Å². The van der Waals surface area contributed by atoms with Crippen LogP contribution in [0, 0.1) is 0 Å². The van der Waals surface area contributed by atoms with Crippen LogP contribution in [0.4, 0.5) is 5.13 Å². The highest BCUT2D eigenvalue weighted by Gasteiger charge is 2.15. The smallest absolute Gasteiger partial charge is 0.257 e. The number of methoxy groups -OCH3 is 4. The molecule has 0 unspecified atom stereocenters. The monoisotopic (exact) mass is 400 g/mol. The highest BCUT2D eigenvalue weighted by Crippen LogP contribution is 2.35. The van der Waals surface area contributed by atoms with Gasteiger partial charge in [0.1, 0.15) is 11.5 Å². The van der Waals surface area contributed by atoms with Crippen LogP contribution in [0.1, 0.15) is 10.4 Å². The average molecular weight is 400 g/mol. The molecule has 8 heteroatoms. The summed E-state index contributed by atoms with van der Waals surface area (Å²) in [6.45, 7) is 0. The van der Waals surface area contributed by atoms with E-state index in [1.165, 1.54) is 18.4 Å². The van der Waals surface area contributed by atoms with E-state index in [1.54, 1.807) is 45.6 Å². The van der Waals surface area contributed by atoms with E-state index in [2.05, 4.69) is 10.3 Å². The van der Waals surface area contributed by atoms with Gasteiger partial charge in [0.2, 0.25) is 0 Å². The van der Waals surface area contributed by atoms with E-state index in [0.717, 1.165) is 5.56 Å². The zero-order chi connectivity index (χ0) is 20.1. The van der Waals surface area contributed by atoms with Gasteiger partial charge in [-0.3, -0.25) is 10.1 Å². The number of carbonyl (C=O) groups excluding carboxylic acids is 1. The SMILES string of the molecule is COc1ccc(-c2csc(NC(=O)c3ccc(OC)c(OC)c3)n2)c(OC)c1. The van der Waals surface area contributed by atoms with E-state index in [0.29, 0.717) is 39.4 Å². The van der Waals surface area contributed by atoms with Gasteiger partial charge >= 0.3 is 0 Å². The fourth-order valence-corrected chi connectivity index (χ4v) is 3.32. The van der Waals surface area contributed by atoms with Crippen molar-refractivity contribution in [3.63, 3.8) is 0 Å². The molecule has 0 aliphatic rings. The van der Waals surface area contributed by atoms with E-state index in [1.807, 2.05) is 17.5 Å². The molecule has 0 aliphatic carbocycles. The van der Waals surface area contributed by atoms with Crippen LogP contribution in [0.2, 0.25) is 0 Å². The van der Waals surface area contributed by atoms with Crippen molar-refractivity contribution < 1.29 is 23.7 Å². The summed E-state index contributed by atoms with van der Waals surface area (Å²) in [4.78, 5) is 17.0. The molecule has 0 atom stereocenters. The molecule has 28 heavy (non-hydrogen) atoms. The maximum absolute atomic E-state index is 12.6. The number of hydrogen-bond acceptors (Lipinski definition) is 7. The maximum Gasteiger partial charge on any atom is 0.257 e. The summed E-state index contributed by atoms with van der Waals surface area (Å²) < 4.78 is 21.1. The number of nitrogens with zero attached hydrogens (tertiary/aromatic N) is 1. The average Bonchev–Trinajstić information content (AvgIpc) is 3.20. The first-order valence-corrected chi connectivity index (χ1v) is 9.19. The predicted molar refractivity (Wildman–Crippen MR) is 108 cm³/mol. The van der Waals surface area contributed by atoms with Crippen molar-refractivity contribution in [2.75, 3.05) is 33.8 Å². The van der Waals surface area contributed by atoms with Crippen LogP contribution < -0.4 is 24.3 Å². The highest BCUT2D eigenvalue weighted by atomic mass is 32.1. The van der Waals surface area contributed by atoms with Crippen molar-refractivity contribution in [3.05, 3.63) is 47.3 Å². The van der Waals surface area contributed by atoms with Gasteiger partial charge in [-0.15, -0.1) is 11.3 Å². The number of hydrogen-bond donors (Lipinski definition) is 1.